The third-order valence-electron chi connectivity index (χ3n) is 7.71. The van der Waals surface area contributed by atoms with Gasteiger partial charge in [0, 0.05) is 36.0 Å². The first-order valence-corrected chi connectivity index (χ1v) is 11.7. The van der Waals surface area contributed by atoms with Gasteiger partial charge in [-0.2, -0.15) is 0 Å². The van der Waals surface area contributed by atoms with Crippen LogP contribution < -0.4 is 21.7 Å². The Kier molecular flexibility index (Phi) is 5.00. The van der Waals surface area contributed by atoms with Crippen LogP contribution in [0.5, 0.6) is 0 Å². The molecule has 0 radical (unpaired) electrons. The van der Waals surface area contributed by atoms with Crippen LogP contribution in [0.15, 0.2) is 48.5 Å². The van der Waals surface area contributed by atoms with Crippen molar-refractivity contribution in [1.29, 1.82) is 0 Å². The van der Waals surface area contributed by atoms with E-state index in [1.165, 1.54) is 16.7 Å². The van der Waals surface area contributed by atoms with Gasteiger partial charge in [-0.25, -0.2) is 16.3 Å². The van der Waals surface area contributed by atoms with Gasteiger partial charge < -0.3 is 4.90 Å². The normalized spacial score (nSPS) is 34.2. The van der Waals surface area contributed by atoms with Gasteiger partial charge in [0.05, 0.1) is 12.1 Å². The van der Waals surface area contributed by atoms with Gasteiger partial charge in [-0.15, -0.1) is 0 Å². The molecule has 0 spiro atoms. The van der Waals surface area contributed by atoms with E-state index in [1.54, 1.807) is 0 Å². The lowest BCUT2D eigenvalue weighted by molar-refractivity contribution is -0.136. The topological polar surface area (TPSA) is 68.4 Å². The van der Waals surface area contributed by atoms with Gasteiger partial charge in [0.2, 0.25) is 5.91 Å². The number of amides is 1. The number of hydrazine groups is 2. The van der Waals surface area contributed by atoms with E-state index in [0.29, 0.717) is 17.9 Å². The largest absolute Gasteiger partial charge is 0.341 e. The van der Waals surface area contributed by atoms with Crippen LogP contribution >= 0.6 is 11.6 Å². The van der Waals surface area contributed by atoms with E-state index in [2.05, 4.69) is 63.0 Å². The van der Waals surface area contributed by atoms with E-state index in [0.717, 1.165) is 37.4 Å². The summed E-state index contributed by atoms with van der Waals surface area (Å²) in [5, 5.41) is 0.745. The molecular weight excluding hydrogens is 410 g/mol. The fourth-order valence-electron chi connectivity index (χ4n) is 6.06. The zero-order chi connectivity index (χ0) is 20.9. The highest BCUT2D eigenvalue weighted by molar-refractivity contribution is 6.30. The molecule has 6 rings (SSSR count). The van der Waals surface area contributed by atoms with Crippen molar-refractivity contribution in [2.45, 2.75) is 43.4 Å². The maximum Gasteiger partial charge on any atom is 0.241 e. The van der Waals surface area contributed by atoms with E-state index >= 15 is 0 Å². The summed E-state index contributed by atoms with van der Waals surface area (Å²) in [7, 11) is 0. The molecule has 3 fully saturated rings. The summed E-state index contributed by atoms with van der Waals surface area (Å²) in [5.41, 5.74) is 17.7. The zero-order valence-electron chi connectivity index (χ0n) is 17.4. The Bertz CT molecular complexity index is 982. The maximum atomic E-state index is 13.6. The van der Waals surface area contributed by atoms with Crippen LogP contribution in [0.2, 0.25) is 5.02 Å². The number of carbonyl (C=O) groups excluding carboxylic acids is 1. The van der Waals surface area contributed by atoms with Crippen LogP contribution in [0.1, 0.15) is 41.6 Å². The van der Waals surface area contributed by atoms with Gasteiger partial charge in [0.1, 0.15) is 6.04 Å². The summed E-state index contributed by atoms with van der Waals surface area (Å²) < 4.78 is 0. The van der Waals surface area contributed by atoms with Gasteiger partial charge in [0.15, 0.2) is 0 Å². The Morgan fingerprint density at radius 2 is 1.71 bits per heavy atom. The molecular formula is C24H28ClN5O. The molecule has 4 N–H and O–H groups in total. The summed E-state index contributed by atoms with van der Waals surface area (Å²) in [6.45, 7) is 1.57. The number of hydrogen-bond donors (Lipinski definition) is 4. The number of piperidine rings is 1. The van der Waals surface area contributed by atoms with E-state index in [4.69, 9.17) is 11.6 Å². The van der Waals surface area contributed by atoms with Crippen molar-refractivity contribution < 1.29 is 4.79 Å². The summed E-state index contributed by atoms with van der Waals surface area (Å²) in [6, 6.07) is 17.3. The van der Waals surface area contributed by atoms with Crippen molar-refractivity contribution in [2.24, 2.45) is 11.8 Å². The number of nitrogens with zero attached hydrogens (tertiary/aromatic N) is 1. The second kappa shape index (κ2) is 7.87. The van der Waals surface area contributed by atoms with Crippen LogP contribution in [0.25, 0.3) is 0 Å². The molecule has 1 amide bonds. The molecule has 0 aromatic heterocycles. The SMILES string of the molecule is O=C(C1NNC2c3ccccc3CCC12)N1CCC2NNC(c3ccc(Cl)cc3)C2C1. The Labute approximate surface area is 187 Å². The summed E-state index contributed by atoms with van der Waals surface area (Å²) in [4.78, 5) is 15.7. The number of carbonyl (C=O) groups is 1. The molecule has 7 heteroatoms. The Morgan fingerprint density at radius 1 is 0.903 bits per heavy atom. The number of likely N-dealkylation sites (tertiary alicyclic amines) is 1. The van der Waals surface area contributed by atoms with Crippen LogP contribution in [-0.4, -0.2) is 36.0 Å². The van der Waals surface area contributed by atoms with Gasteiger partial charge in [-0.1, -0.05) is 48.0 Å². The molecule has 31 heavy (non-hydrogen) atoms. The second-order valence-electron chi connectivity index (χ2n) is 9.31. The van der Waals surface area contributed by atoms with Gasteiger partial charge in [-0.3, -0.25) is 10.2 Å². The van der Waals surface area contributed by atoms with Crippen molar-refractivity contribution in [1.82, 2.24) is 26.6 Å². The molecule has 2 aromatic carbocycles. The van der Waals surface area contributed by atoms with E-state index < -0.39 is 0 Å². The molecule has 4 aliphatic rings. The number of aryl methyl sites for hydroxylation is 1. The molecule has 3 aliphatic heterocycles. The molecule has 6 nitrogen and oxygen atoms in total. The first-order valence-electron chi connectivity index (χ1n) is 11.3. The van der Waals surface area contributed by atoms with Gasteiger partial charge in [0.25, 0.3) is 0 Å². The first kappa shape index (κ1) is 19.7. The Morgan fingerprint density at radius 3 is 2.58 bits per heavy atom. The zero-order valence-corrected chi connectivity index (χ0v) is 18.1. The highest BCUT2D eigenvalue weighted by atomic mass is 35.5. The van der Waals surface area contributed by atoms with Crippen molar-refractivity contribution >= 4 is 17.5 Å². The predicted octanol–water partition coefficient (Wildman–Crippen LogP) is 2.49. The van der Waals surface area contributed by atoms with Crippen LogP contribution in [0, 0.1) is 11.8 Å². The van der Waals surface area contributed by atoms with E-state index in [1.807, 2.05) is 12.1 Å². The first-order chi connectivity index (χ1) is 15.2. The molecule has 0 saturated carbocycles. The monoisotopic (exact) mass is 437 g/mol. The summed E-state index contributed by atoms with van der Waals surface area (Å²) in [5.74, 6) is 0.878. The predicted molar refractivity (Wildman–Crippen MR) is 120 cm³/mol. The lowest BCUT2D eigenvalue weighted by Gasteiger charge is -2.38. The fourth-order valence-corrected chi connectivity index (χ4v) is 6.19. The van der Waals surface area contributed by atoms with Crippen molar-refractivity contribution in [3.63, 3.8) is 0 Å². The van der Waals surface area contributed by atoms with E-state index in [9.17, 15) is 4.79 Å². The number of rotatable bonds is 2. The van der Waals surface area contributed by atoms with Crippen LogP contribution in [0.4, 0.5) is 0 Å². The highest BCUT2D eigenvalue weighted by Gasteiger charge is 2.47. The minimum atomic E-state index is -0.161. The molecule has 0 bridgehead atoms. The lowest BCUT2D eigenvalue weighted by Crippen LogP contribution is -2.54. The molecule has 3 heterocycles. The third kappa shape index (κ3) is 3.38. The molecule has 1 aliphatic carbocycles. The fraction of sp³-hybridized carbons (Fsp3) is 0.458. The second-order valence-corrected chi connectivity index (χ2v) is 9.74. The number of nitrogens with one attached hydrogen (secondary N) is 4. The van der Waals surface area contributed by atoms with Gasteiger partial charge in [-0.05, 0) is 48.1 Å². The molecule has 3 saturated heterocycles. The third-order valence-corrected chi connectivity index (χ3v) is 7.96. The Hall–Kier alpha value is -1.96. The van der Waals surface area contributed by atoms with Crippen LogP contribution in [-0.2, 0) is 11.2 Å². The van der Waals surface area contributed by atoms with Crippen molar-refractivity contribution in [3.8, 4) is 0 Å². The van der Waals surface area contributed by atoms with E-state index in [-0.39, 0.29) is 24.0 Å². The van der Waals surface area contributed by atoms with Crippen LogP contribution in [0.3, 0.4) is 0 Å². The average molecular weight is 438 g/mol. The number of halogens is 1. The summed E-state index contributed by atoms with van der Waals surface area (Å²) >= 11 is 6.08. The lowest BCUT2D eigenvalue weighted by atomic mass is 9.77. The summed E-state index contributed by atoms with van der Waals surface area (Å²) in [6.07, 6.45) is 3.04. The van der Waals surface area contributed by atoms with Crippen molar-refractivity contribution in [2.75, 3.05) is 13.1 Å². The minimum absolute atomic E-state index is 0.161. The molecule has 6 atom stereocenters. The molecule has 162 valence electrons. The maximum absolute atomic E-state index is 13.6. The standard InChI is InChI=1S/C24H28ClN5O/c25-16-8-5-15(6-9-16)21-19-13-30(12-11-20(19)26-27-21)24(31)23-18-10-7-14-3-1-2-4-17(14)22(18)28-29-23/h1-6,8-9,18-23,26-29H,7,10-13H2. The number of hydrogen-bond acceptors (Lipinski definition) is 5. The molecule has 6 unspecified atom stereocenters. The molecule has 2 aromatic rings. The smallest absolute Gasteiger partial charge is 0.241 e. The average Bonchev–Trinajstić information content (AvgIpc) is 3.43. The highest BCUT2D eigenvalue weighted by Crippen LogP contribution is 2.40. The number of benzene rings is 2. The quantitative estimate of drug-likeness (QED) is 0.581. The Balaban J connectivity index is 1.18. The van der Waals surface area contributed by atoms with Crippen molar-refractivity contribution in [3.05, 3.63) is 70.2 Å². The number of fused-ring (bicyclic) bond motifs is 4. The minimum Gasteiger partial charge on any atom is -0.341 e. The van der Waals surface area contributed by atoms with Gasteiger partial charge >= 0.3 is 0 Å².